The highest BCUT2D eigenvalue weighted by Gasteiger charge is 2.16. The van der Waals surface area contributed by atoms with Crippen molar-refractivity contribution in [1.82, 2.24) is 0 Å². The van der Waals surface area contributed by atoms with Crippen molar-refractivity contribution in [3.8, 4) is 5.75 Å². The highest BCUT2D eigenvalue weighted by Crippen LogP contribution is 2.26. The molecule has 0 spiro atoms. The van der Waals surface area contributed by atoms with E-state index in [-0.39, 0.29) is 12.2 Å². The fourth-order valence-corrected chi connectivity index (χ4v) is 2.83. The number of ketones is 1. The molecule has 1 aromatic rings. The van der Waals surface area contributed by atoms with E-state index in [1.165, 1.54) is 39.0 Å². The van der Waals surface area contributed by atoms with Gasteiger partial charge in [0.25, 0.3) is 0 Å². The molecule has 0 aliphatic heterocycles. The molecule has 0 aromatic heterocycles. The van der Waals surface area contributed by atoms with Crippen molar-refractivity contribution in [1.29, 1.82) is 0 Å². The lowest BCUT2D eigenvalue weighted by molar-refractivity contribution is -0.117. The molecule has 1 aliphatic rings. The Balaban J connectivity index is 2.08. The SMILES string of the molecule is CC(=O)c1ccc(OCC2CCCCC2)c(CC(N)=O)c1. The zero-order valence-corrected chi connectivity index (χ0v) is 12.6. The highest BCUT2D eigenvalue weighted by atomic mass is 16.5. The third kappa shape index (κ3) is 4.59. The fraction of sp³-hybridized carbons (Fsp3) is 0.529. The number of amides is 1. The van der Waals surface area contributed by atoms with E-state index in [2.05, 4.69) is 0 Å². The Kier molecular flexibility index (Phi) is 5.37. The second-order valence-corrected chi connectivity index (χ2v) is 5.84. The minimum absolute atomic E-state index is 0.0282. The smallest absolute Gasteiger partial charge is 0.221 e. The second-order valence-electron chi connectivity index (χ2n) is 5.84. The number of primary amides is 1. The van der Waals surface area contributed by atoms with Crippen LogP contribution in [0.1, 0.15) is 54.9 Å². The van der Waals surface area contributed by atoms with E-state index in [0.717, 1.165) is 0 Å². The van der Waals surface area contributed by atoms with Gasteiger partial charge in [0.05, 0.1) is 13.0 Å². The normalized spacial score (nSPS) is 15.7. The molecular weight excluding hydrogens is 266 g/mol. The van der Waals surface area contributed by atoms with Crippen LogP contribution in [0, 0.1) is 5.92 Å². The van der Waals surface area contributed by atoms with Crippen LogP contribution in [0.5, 0.6) is 5.75 Å². The Bertz CT molecular complexity index is 519. The number of ether oxygens (including phenoxy) is 1. The van der Waals surface area contributed by atoms with Crippen LogP contribution in [0.3, 0.4) is 0 Å². The summed E-state index contributed by atoms with van der Waals surface area (Å²) in [4.78, 5) is 22.6. The Labute approximate surface area is 125 Å². The number of carbonyl (C=O) groups is 2. The predicted molar refractivity (Wildman–Crippen MR) is 81.4 cm³/mol. The molecule has 4 heteroatoms. The molecule has 0 radical (unpaired) electrons. The zero-order chi connectivity index (χ0) is 15.2. The standard InChI is InChI=1S/C17H23NO3/c1-12(19)14-7-8-16(15(9-14)10-17(18)20)21-11-13-5-3-2-4-6-13/h7-9,13H,2-6,10-11H2,1H3,(H2,18,20). The van der Waals surface area contributed by atoms with E-state index < -0.39 is 5.91 Å². The molecule has 1 fully saturated rings. The molecule has 1 aliphatic carbocycles. The molecule has 4 nitrogen and oxygen atoms in total. The van der Waals surface area contributed by atoms with Gasteiger partial charge >= 0.3 is 0 Å². The van der Waals surface area contributed by atoms with Crippen molar-refractivity contribution >= 4 is 11.7 Å². The van der Waals surface area contributed by atoms with Crippen molar-refractivity contribution in [2.45, 2.75) is 45.4 Å². The van der Waals surface area contributed by atoms with Crippen molar-refractivity contribution in [2.24, 2.45) is 11.7 Å². The van der Waals surface area contributed by atoms with Crippen LogP contribution in [-0.2, 0) is 11.2 Å². The Morgan fingerprint density at radius 2 is 1.95 bits per heavy atom. The van der Waals surface area contributed by atoms with Gasteiger partial charge in [0.2, 0.25) is 5.91 Å². The van der Waals surface area contributed by atoms with E-state index in [0.29, 0.717) is 29.4 Å². The van der Waals surface area contributed by atoms with Crippen LogP contribution in [0.15, 0.2) is 18.2 Å². The first kappa shape index (κ1) is 15.5. The minimum atomic E-state index is -0.418. The second kappa shape index (κ2) is 7.25. The van der Waals surface area contributed by atoms with Gasteiger partial charge < -0.3 is 10.5 Å². The fourth-order valence-electron chi connectivity index (χ4n) is 2.83. The lowest BCUT2D eigenvalue weighted by atomic mass is 9.90. The van der Waals surface area contributed by atoms with Gasteiger partial charge in [-0.25, -0.2) is 0 Å². The Hall–Kier alpha value is -1.84. The average molecular weight is 289 g/mol. The predicted octanol–water partition coefficient (Wildman–Crippen LogP) is 2.88. The minimum Gasteiger partial charge on any atom is -0.493 e. The molecule has 2 N–H and O–H groups in total. The molecule has 21 heavy (non-hydrogen) atoms. The number of hydrogen-bond acceptors (Lipinski definition) is 3. The van der Waals surface area contributed by atoms with Crippen LogP contribution >= 0.6 is 0 Å². The third-order valence-corrected chi connectivity index (χ3v) is 4.03. The summed E-state index contributed by atoms with van der Waals surface area (Å²) in [5.74, 6) is 0.815. The largest absolute Gasteiger partial charge is 0.493 e. The molecule has 0 unspecified atom stereocenters. The van der Waals surface area contributed by atoms with E-state index in [4.69, 9.17) is 10.5 Å². The topological polar surface area (TPSA) is 69.4 Å². The Morgan fingerprint density at radius 3 is 2.57 bits per heavy atom. The number of hydrogen-bond donors (Lipinski definition) is 1. The van der Waals surface area contributed by atoms with Crippen molar-refractivity contribution in [3.63, 3.8) is 0 Å². The molecule has 1 aromatic carbocycles. The van der Waals surface area contributed by atoms with Gasteiger partial charge in [-0.05, 0) is 43.9 Å². The zero-order valence-electron chi connectivity index (χ0n) is 12.6. The molecule has 0 saturated heterocycles. The van der Waals surface area contributed by atoms with Crippen molar-refractivity contribution in [3.05, 3.63) is 29.3 Å². The van der Waals surface area contributed by atoms with Gasteiger partial charge in [0.15, 0.2) is 5.78 Å². The summed E-state index contributed by atoms with van der Waals surface area (Å²) in [5, 5.41) is 0. The summed E-state index contributed by atoms with van der Waals surface area (Å²) in [6.45, 7) is 2.18. The van der Waals surface area contributed by atoms with Gasteiger partial charge in [0, 0.05) is 11.1 Å². The van der Waals surface area contributed by atoms with Crippen molar-refractivity contribution in [2.75, 3.05) is 6.61 Å². The van der Waals surface area contributed by atoms with Crippen molar-refractivity contribution < 1.29 is 14.3 Å². The van der Waals surface area contributed by atoms with Gasteiger partial charge in [-0.2, -0.15) is 0 Å². The van der Waals surface area contributed by atoms with E-state index in [1.54, 1.807) is 18.2 Å². The number of rotatable bonds is 6. The first-order chi connectivity index (χ1) is 10.1. The summed E-state index contributed by atoms with van der Waals surface area (Å²) in [6.07, 6.45) is 6.36. The van der Waals surface area contributed by atoms with Crippen LogP contribution in [-0.4, -0.2) is 18.3 Å². The Morgan fingerprint density at radius 1 is 1.24 bits per heavy atom. The molecule has 0 atom stereocenters. The summed E-state index contributed by atoms with van der Waals surface area (Å²) in [5.41, 5.74) is 6.56. The highest BCUT2D eigenvalue weighted by molar-refractivity contribution is 5.94. The summed E-state index contributed by atoms with van der Waals surface area (Å²) >= 11 is 0. The molecule has 1 amide bonds. The molecule has 1 saturated carbocycles. The van der Waals surface area contributed by atoms with E-state index >= 15 is 0 Å². The monoisotopic (exact) mass is 289 g/mol. The lowest BCUT2D eigenvalue weighted by Gasteiger charge is -2.22. The van der Waals surface area contributed by atoms with Gasteiger partial charge in [-0.3, -0.25) is 9.59 Å². The maximum Gasteiger partial charge on any atom is 0.221 e. The van der Waals surface area contributed by atoms with Crippen LogP contribution in [0.2, 0.25) is 0 Å². The number of benzene rings is 1. The maximum absolute atomic E-state index is 11.4. The lowest BCUT2D eigenvalue weighted by Crippen LogP contribution is -2.18. The first-order valence-corrected chi connectivity index (χ1v) is 7.61. The number of carbonyl (C=O) groups excluding carboxylic acids is 2. The summed E-state index contributed by atoms with van der Waals surface area (Å²) in [6, 6.07) is 5.23. The summed E-state index contributed by atoms with van der Waals surface area (Å²) < 4.78 is 5.89. The summed E-state index contributed by atoms with van der Waals surface area (Å²) in [7, 11) is 0. The number of nitrogens with two attached hydrogens (primary N) is 1. The van der Waals surface area contributed by atoms with E-state index in [9.17, 15) is 9.59 Å². The van der Waals surface area contributed by atoms with Gasteiger partial charge in [-0.1, -0.05) is 19.3 Å². The van der Waals surface area contributed by atoms with Crippen LogP contribution < -0.4 is 10.5 Å². The number of Topliss-reactive ketones (excluding diaryl/α,β-unsaturated/α-hetero) is 1. The van der Waals surface area contributed by atoms with Crippen LogP contribution in [0.4, 0.5) is 0 Å². The molecule has 114 valence electrons. The van der Waals surface area contributed by atoms with E-state index in [1.807, 2.05) is 0 Å². The molecule has 2 rings (SSSR count). The maximum atomic E-state index is 11.4. The first-order valence-electron chi connectivity index (χ1n) is 7.61. The molecule has 0 heterocycles. The molecular formula is C17H23NO3. The quantitative estimate of drug-likeness (QED) is 0.819. The van der Waals surface area contributed by atoms with Gasteiger partial charge in [-0.15, -0.1) is 0 Å². The van der Waals surface area contributed by atoms with Gasteiger partial charge in [0.1, 0.15) is 5.75 Å². The van der Waals surface area contributed by atoms with Crippen LogP contribution in [0.25, 0.3) is 0 Å². The molecule has 0 bridgehead atoms. The average Bonchev–Trinajstić information content (AvgIpc) is 2.46. The third-order valence-electron chi connectivity index (χ3n) is 4.03.